The van der Waals surface area contributed by atoms with Crippen molar-refractivity contribution in [3.05, 3.63) is 156 Å². The van der Waals surface area contributed by atoms with E-state index in [-0.39, 0.29) is 5.91 Å². The number of amides is 1. The molecule has 1 atom stereocenters. The predicted octanol–water partition coefficient (Wildman–Crippen LogP) is 10.3. The fourth-order valence-corrected chi connectivity index (χ4v) is 7.87. The number of nitrogens with one attached hydrogen (secondary N) is 3. The van der Waals surface area contributed by atoms with Crippen LogP contribution in [0.1, 0.15) is 42.0 Å². The van der Waals surface area contributed by atoms with Gasteiger partial charge < -0.3 is 32.5 Å². The number of aromatic amines is 2. The van der Waals surface area contributed by atoms with Crippen molar-refractivity contribution in [2.24, 2.45) is 11.5 Å². The first-order chi connectivity index (χ1) is 28.9. The van der Waals surface area contributed by atoms with Gasteiger partial charge in [0.1, 0.15) is 0 Å². The Bertz CT molecular complexity index is 2850. The molecule has 8 bridgehead atoms. The van der Waals surface area contributed by atoms with E-state index in [0.29, 0.717) is 24.3 Å². The number of aromatic nitrogens is 4. The Labute approximate surface area is 342 Å². The molecule has 0 saturated carbocycles. The summed E-state index contributed by atoms with van der Waals surface area (Å²) in [6.07, 6.45) is 10.6. The minimum atomic E-state index is -0.607. The number of carbonyl (C=O) groups excluding carboxylic acids is 1. The highest BCUT2D eigenvalue weighted by molar-refractivity contribution is 6.00. The second-order valence-electron chi connectivity index (χ2n) is 14.8. The minimum Gasteiger partial charge on any atom is -0.399 e. The lowest BCUT2D eigenvalue weighted by Gasteiger charge is -2.12. The van der Waals surface area contributed by atoms with Crippen molar-refractivity contribution in [2.75, 3.05) is 17.6 Å². The van der Waals surface area contributed by atoms with Gasteiger partial charge >= 0.3 is 0 Å². The van der Waals surface area contributed by atoms with Gasteiger partial charge in [-0.2, -0.15) is 0 Å². The number of unbranched alkanes of at least 4 members (excludes halogenated alkanes) is 1. The molecule has 0 fully saturated rings. The van der Waals surface area contributed by atoms with Crippen LogP contribution in [0.25, 0.3) is 90.9 Å². The van der Waals surface area contributed by atoms with Gasteiger partial charge in [0.25, 0.3) is 0 Å². The van der Waals surface area contributed by atoms with Crippen LogP contribution in [0.2, 0.25) is 0 Å². The lowest BCUT2D eigenvalue weighted by molar-refractivity contribution is -0.117. The van der Waals surface area contributed by atoms with Gasteiger partial charge in [0, 0.05) is 55.7 Å². The summed E-state index contributed by atoms with van der Waals surface area (Å²) in [5, 5.41) is 2.99. The number of fused-ring (bicyclic) bond motifs is 8. The zero-order valence-electron chi connectivity index (χ0n) is 32.5. The molecule has 290 valence electrons. The van der Waals surface area contributed by atoms with Gasteiger partial charge in [0.15, 0.2) is 0 Å². The topological polar surface area (TPSA) is 165 Å². The summed E-state index contributed by atoms with van der Waals surface area (Å²) in [4.78, 5) is 31.3. The van der Waals surface area contributed by atoms with E-state index in [1.807, 2.05) is 84.9 Å². The number of H-pyrrole nitrogens is 2. The van der Waals surface area contributed by atoms with Crippen LogP contribution in [0.15, 0.2) is 133 Å². The Morgan fingerprint density at radius 1 is 0.525 bits per heavy atom. The number of hydrogen-bond acceptors (Lipinski definition) is 6. The standard InChI is InChI=1S/C50H44N8O/c51-30-8-7-13-37(53)50(59)54-36-20-16-34(17-21-36)49-44-28-24-40(57-44)46(31-9-3-1-4-10-31)38-22-26-42(55-38)48(33-14-18-35(52)19-15-33)43-27-23-39(56-43)47(32-11-5-2-6-12-32)41-25-29-45(49)58-41/h1-6,9-12,14-29,37,55,58H,7-8,13,30,51-53H2,(H,54,59)/t37-/m0/s1. The zero-order chi connectivity index (χ0) is 40.3. The zero-order valence-corrected chi connectivity index (χ0v) is 32.5. The molecule has 3 aromatic heterocycles. The highest BCUT2D eigenvalue weighted by Crippen LogP contribution is 2.38. The molecular formula is C50H44N8O. The third-order valence-electron chi connectivity index (χ3n) is 10.8. The van der Waals surface area contributed by atoms with E-state index in [9.17, 15) is 4.79 Å². The Kier molecular flexibility index (Phi) is 10.3. The van der Waals surface area contributed by atoms with Crippen LogP contribution in [0.5, 0.6) is 0 Å². The van der Waals surface area contributed by atoms with E-state index in [2.05, 4.69) is 88.1 Å². The van der Waals surface area contributed by atoms with Crippen molar-refractivity contribution in [3.63, 3.8) is 0 Å². The molecule has 7 aromatic rings. The number of benzene rings is 4. The van der Waals surface area contributed by atoms with Crippen LogP contribution in [0.3, 0.4) is 0 Å². The molecule has 0 spiro atoms. The van der Waals surface area contributed by atoms with Crippen molar-refractivity contribution in [2.45, 2.75) is 25.3 Å². The van der Waals surface area contributed by atoms with Gasteiger partial charge in [-0.05, 0) is 114 Å². The van der Waals surface area contributed by atoms with Crippen molar-refractivity contribution in [1.29, 1.82) is 0 Å². The number of nitrogens with two attached hydrogens (primary N) is 3. The highest BCUT2D eigenvalue weighted by Gasteiger charge is 2.19. The third-order valence-corrected chi connectivity index (χ3v) is 10.8. The summed E-state index contributed by atoms with van der Waals surface area (Å²) < 4.78 is 0. The van der Waals surface area contributed by atoms with Crippen molar-refractivity contribution >= 4 is 63.7 Å². The summed E-state index contributed by atoms with van der Waals surface area (Å²) in [5.41, 5.74) is 34.1. The second kappa shape index (κ2) is 16.3. The number of hydrogen-bond donors (Lipinski definition) is 6. The summed E-state index contributed by atoms with van der Waals surface area (Å²) in [6, 6.07) is 44.3. The number of nitrogens with zero attached hydrogens (tertiary/aromatic N) is 2. The van der Waals surface area contributed by atoms with Gasteiger partial charge in [-0.3, -0.25) is 4.79 Å². The SMILES string of the molecule is NCCCC[C@H](N)C(=O)Nc1ccc(-c2c3nc(c(-c4ccccc4)c4ccc([nH]4)c(-c4ccc(N)cc4)c4nc(c(-c5ccccc5)c5ccc2[nH]5)C=C4)C=C3)cc1. The molecule has 9 heteroatoms. The van der Waals surface area contributed by atoms with Crippen LogP contribution in [-0.2, 0) is 4.79 Å². The maximum atomic E-state index is 13.0. The fourth-order valence-electron chi connectivity index (χ4n) is 7.87. The number of nitrogen functional groups attached to an aromatic ring is 1. The molecule has 0 radical (unpaired) electrons. The molecule has 2 aliphatic rings. The van der Waals surface area contributed by atoms with Crippen LogP contribution in [-0.4, -0.2) is 38.4 Å². The lowest BCUT2D eigenvalue weighted by Crippen LogP contribution is -2.35. The average Bonchev–Trinajstić information content (AvgIpc) is 4.11. The molecule has 5 heterocycles. The van der Waals surface area contributed by atoms with E-state index < -0.39 is 6.04 Å². The third kappa shape index (κ3) is 7.60. The fraction of sp³-hybridized carbons (Fsp3) is 0.100. The van der Waals surface area contributed by atoms with E-state index in [1.165, 1.54) is 0 Å². The molecule has 4 aromatic carbocycles. The van der Waals surface area contributed by atoms with Gasteiger partial charge in [0.2, 0.25) is 5.91 Å². The van der Waals surface area contributed by atoms with E-state index in [1.54, 1.807) is 0 Å². The van der Waals surface area contributed by atoms with E-state index in [0.717, 1.165) is 102 Å². The summed E-state index contributed by atoms with van der Waals surface area (Å²) in [5.74, 6) is -0.216. The first-order valence-corrected chi connectivity index (χ1v) is 19.9. The minimum absolute atomic E-state index is 0.216. The molecule has 9 N–H and O–H groups in total. The molecule has 0 aliphatic carbocycles. The molecule has 59 heavy (non-hydrogen) atoms. The number of anilines is 2. The molecular weight excluding hydrogens is 729 g/mol. The summed E-state index contributed by atoms with van der Waals surface area (Å²) in [6.45, 7) is 0.580. The average molecular weight is 773 g/mol. The van der Waals surface area contributed by atoms with Crippen molar-refractivity contribution in [3.8, 4) is 44.5 Å². The normalized spacial score (nSPS) is 12.4. The predicted molar refractivity (Wildman–Crippen MR) is 245 cm³/mol. The quantitative estimate of drug-likeness (QED) is 0.0598. The van der Waals surface area contributed by atoms with Crippen LogP contribution < -0.4 is 22.5 Å². The monoisotopic (exact) mass is 772 g/mol. The molecule has 2 aliphatic heterocycles. The largest absolute Gasteiger partial charge is 0.399 e. The Hall–Kier alpha value is -7.33. The first-order valence-electron chi connectivity index (χ1n) is 19.9. The summed E-state index contributed by atoms with van der Waals surface area (Å²) in [7, 11) is 0. The van der Waals surface area contributed by atoms with Crippen molar-refractivity contribution < 1.29 is 4.79 Å². The number of rotatable bonds is 10. The molecule has 0 saturated heterocycles. The maximum absolute atomic E-state index is 13.0. The van der Waals surface area contributed by atoms with E-state index >= 15 is 0 Å². The molecule has 9 nitrogen and oxygen atoms in total. The van der Waals surface area contributed by atoms with Crippen molar-refractivity contribution in [1.82, 2.24) is 19.9 Å². The smallest absolute Gasteiger partial charge is 0.241 e. The molecule has 0 unspecified atom stereocenters. The maximum Gasteiger partial charge on any atom is 0.241 e. The summed E-state index contributed by atoms with van der Waals surface area (Å²) >= 11 is 0. The van der Waals surface area contributed by atoms with Gasteiger partial charge in [-0.1, -0.05) is 91.3 Å². The van der Waals surface area contributed by atoms with E-state index in [4.69, 9.17) is 27.2 Å². The Morgan fingerprint density at radius 2 is 0.915 bits per heavy atom. The molecule has 9 rings (SSSR count). The van der Waals surface area contributed by atoms with Crippen LogP contribution in [0, 0.1) is 0 Å². The second-order valence-corrected chi connectivity index (χ2v) is 14.8. The van der Waals surface area contributed by atoms with Gasteiger partial charge in [0.05, 0.1) is 28.8 Å². The Balaban J connectivity index is 1.31. The molecule has 1 amide bonds. The van der Waals surface area contributed by atoms with Crippen LogP contribution in [0.4, 0.5) is 11.4 Å². The highest BCUT2D eigenvalue weighted by atomic mass is 16.2. The van der Waals surface area contributed by atoms with Crippen LogP contribution >= 0.6 is 0 Å². The lowest BCUT2D eigenvalue weighted by atomic mass is 10.0. The number of carbonyl (C=O) groups is 1. The van der Waals surface area contributed by atoms with Gasteiger partial charge in [-0.25, -0.2) is 9.97 Å². The van der Waals surface area contributed by atoms with Gasteiger partial charge in [-0.15, -0.1) is 0 Å². The first kappa shape index (κ1) is 37.3. The Morgan fingerprint density at radius 3 is 1.32 bits per heavy atom.